The molecule has 3 aromatic rings. The Morgan fingerprint density at radius 1 is 1.25 bits per heavy atom. The van der Waals surface area contributed by atoms with E-state index >= 15 is 0 Å². The van der Waals surface area contributed by atoms with E-state index in [-0.39, 0.29) is 11.8 Å². The summed E-state index contributed by atoms with van der Waals surface area (Å²) >= 11 is 3.45. The highest BCUT2D eigenvalue weighted by molar-refractivity contribution is 7.14. The second-order valence-electron chi connectivity index (χ2n) is 6.21. The molecular weight excluding hydrogens is 336 g/mol. The number of amides is 1. The highest BCUT2D eigenvalue weighted by atomic mass is 32.1. The summed E-state index contributed by atoms with van der Waals surface area (Å²) in [4.78, 5) is 19.3. The van der Waals surface area contributed by atoms with Crippen LogP contribution in [0, 0.1) is 19.8 Å². The third-order valence-electron chi connectivity index (χ3n) is 4.15. The maximum Gasteiger partial charge on any atom is 0.227 e. The number of thiazole rings is 1. The Kier molecular flexibility index (Phi) is 3.98. The Balaban J connectivity index is 1.60. The van der Waals surface area contributed by atoms with Crippen LogP contribution in [0.5, 0.6) is 0 Å². The molecule has 1 aliphatic rings. The van der Waals surface area contributed by atoms with Crippen molar-refractivity contribution in [2.24, 2.45) is 5.92 Å². The molecule has 24 heavy (non-hydrogen) atoms. The summed E-state index contributed by atoms with van der Waals surface area (Å²) in [6.07, 6.45) is 2.03. The minimum atomic E-state index is 0.136. The predicted molar refractivity (Wildman–Crippen MR) is 102 cm³/mol. The fourth-order valence-electron chi connectivity index (χ4n) is 2.73. The number of rotatable bonds is 4. The molecule has 0 unspecified atom stereocenters. The van der Waals surface area contributed by atoms with Gasteiger partial charge in [-0.15, -0.1) is 22.7 Å². The van der Waals surface area contributed by atoms with Gasteiger partial charge in [0.05, 0.1) is 5.69 Å². The van der Waals surface area contributed by atoms with Gasteiger partial charge in [-0.2, -0.15) is 0 Å². The number of nitrogens with zero attached hydrogens (tertiary/aromatic N) is 1. The number of anilines is 1. The SMILES string of the molecule is Cc1cc(-c2csc(-c3cccc(NC(=O)C4CC4)c3)n2)c(C)s1. The zero-order valence-electron chi connectivity index (χ0n) is 13.6. The molecule has 0 radical (unpaired) electrons. The fraction of sp³-hybridized carbons (Fsp3) is 0.263. The van der Waals surface area contributed by atoms with E-state index < -0.39 is 0 Å². The Hall–Kier alpha value is -1.98. The first-order valence-electron chi connectivity index (χ1n) is 8.04. The molecule has 122 valence electrons. The molecule has 0 atom stereocenters. The average molecular weight is 355 g/mol. The van der Waals surface area contributed by atoms with E-state index in [2.05, 4.69) is 30.6 Å². The molecule has 1 aromatic carbocycles. The molecule has 1 aliphatic carbocycles. The molecule has 0 spiro atoms. The van der Waals surface area contributed by atoms with Crippen LogP contribution in [0.15, 0.2) is 35.7 Å². The molecule has 1 amide bonds. The summed E-state index contributed by atoms with van der Waals surface area (Å²) < 4.78 is 0. The van der Waals surface area contributed by atoms with Crippen LogP contribution in [0.25, 0.3) is 21.8 Å². The number of carbonyl (C=O) groups excluding carboxylic acids is 1. The van der Waals surface area contributed by atoms with Crippen LogP contribution in [0.3, 0.4) is 0 Å². The third kappa shape index (κ3) is 3.14. The molecule has 3 nitrogen and oxygen atoms in total. The summed E-state index contributed by atoms with van der Waals surface area (Å²) in [5, 5.41) is 6.10. The maximum absolute atomic E-state index is 11.9. The van der Waals surface area contributed by atoms with Gasteiger partial charge in [-0.3, -0.25) is 4.79 Å². The van der Waals surface area contributed by atoms with Crippen molar-refractivity contribution in [3.63, 3.8) is 0 Å². The van der Waals surface area contributed by atoms with E-state index in [0.717, 1.165) is 34.8 Å². The topological polar surface area (TPSA) is 42.0 Å². The first-order valence-corrected chi connectivity index (χ1v) is 9.74. The van der Waals surface area contributed by atoms with E-state index in [9.17, 15) is 4.79 Å². The van der Waals surface area contributed by atoms with Crippen molar-refractivity contribution >= 4 is 34.3 Å². The zero-order chi connectivity index (χ0) is 16.7. The molecule has 5 heteroatoms. The monoisotopic (exact) mass is 354 g/mol. The van der Waals surface area contributed by atoms with Gasteiger partial charge in [-0.05, 0) is 44.9 Å². The fourth-order valence-corrected chi connectivity index (χ4v) is 4.49. The van der Waals surface area contributed by atoms with Gasteiger partial charge in [0.2, 0.25) is 5.91 Å². The Bertz CT molecular complexity index is 906. The lowest BCUT2D eigenvalue weighted by atomic mass is 10.2. The summed E-state index contributed by atoms with van der Waals surface area (Å²) in [6, 6.07) is 10.2. The summed E-state index contributed by atoms with van der Waals surface area (Å²) in [7, 11) is 0. The van der Waals surface area contributed by atoms with Crippen LogP contribution < -0.4 is 5.32 Å². The standard InChI is InChI=1S/C19H18N2OS2/c1-11-8-16(12(2)24-11)17-10-23-19(21-17)14-4-3-5-15(9-14)20-18(22)13-6-7-13/h3-5,8-10,13H,6-7H2,1-2H3,(H,20,22). The average Bonchev–Trinajstić information content (AvgIpc) is 3.21. The summed E-state index contributed by atoms with van der Waals surface area (Å²) in [5.74, 6) is 0.348. The van der Waals surface area contributed by atoms with E-state index in [0.29, 0.717) is 0 Å². The molecule has 2 heterocycles. The number of thiophene rings is 1. The van der Waals surface area contributed by atoms with Crippen LogP contribution in [-0.4, -0.2) is 10.9 Å². The van der Waals surface area contributed by atoms with Gasteiger partial charge >= 0.3 is 0 Å². The van der Waals surface area contributed by atoms with Crippen molar-refractivity contribution in [2.75, 3.05) is 5.32 Å². The molecule has 4 rings (SSSR count). The van der Waals surface area contributed by atoms with Gasteiger partial charge in [0.25, 0.3) is 0 Å². The Morgan fingerprint density at radius 2 is 2.08 bits per heavy atom. The van der Waals surface area contributed by atoms with Gasteiger partial charge < -0.3 is 5.32 Å². The molecule has 1 saturated carbocycles. The maximum atomic E-state index is 11.9. The van der Waals surface area contributed by atoms with Crippen molar-refractivity contribution in [3.8, 4) is 21.8 Å². The van der Waals surface area contributed by atoms with Crippen LogP contribution in [-0.2, 0) is 4.79 Å². The number of aryl methyl sites for hydroxylation is 2. The largest absolute Gasteiger partial charge is 0.326 e. The second-order valence-corrected chi connectivity index (χ2v) is 8.53. The van der Waals surface area contributed by atoms with Crippen molar-refractivity contribution < 1.29 is 4.79 Å². The quantitative estimate of drug-likeness (QED) is 0.672. The number of hydrogen-bond donors (Lipinski definition) is 1. The predicted octanol–water partition coefficient (Wildman–Crippen LogP) is 5.50. The van der Waals surface area contributed by atoms with Crippen LogP contribution in [0.4, 0.5) is 5.69 Å². The molecule has 0 aliphatic heterocycles. The van der Waals surface area contributed by atoms with Crippen LogP contribution >= 0.6 is 22.7 Å². The van der Waals surface area contributed by atoms with Gasteiger partial charge in [0.1, 0.15) is 5.01 Å². The van der Waals surface area contributed by atoms with Crippen LogP contribution in [0.1, 0.15) is 22.6 Å². The summed E-state index contributed by atoms with van der Waals surface area (Å²) in [6.45, 7) is 4.26. The lowest BCUT2D eigenvalue weighted by Gasteiger charge is -2.05. The zero-order valence-corrected chi connectivity index (χ0v) is 15.3. The third-order valence-corrected chi connectivity index (χ3v) is 6.00. The van der Waals surface area contributed by atoms with E-state index in [1.807, 2.05) is 24.3 Å². The van der Waals surface area contributed by atoms with Crippen LogP contribution in [0.2, 0.25) is 0 Å². The van der Waals surface area contributed by atoms with Gasteiger partial charge in [0.15, 0.2) is 0 Å². The number of nitrogens with one attached hydrogen (secondary N) is 1. The van der Waals surface area contributed by atoms with Crippen molar-refractivity contribution in [3.05, 3.63) is 45.5 Å². The molecule has 1 fully saturated rings. The lowest BCUT2D eigenvalue weighted by Crippen LogP contribution is -2.13. The van der Waals surface area contributed by atoms with Gasteiger partial charge in [-0.25, -0.2) is 4.98 Å². The molecule has 1 N–H and O–H groups in total. The Morgan fingerprint density at radius 3 is 2.79 bits per heavy atom. The van der Waals surface area contributed by atoms with E-state index in [1.54, 1.807) is 22.7 Å². The molecular formula is C19H18N2OS2. The molecule has 2 aromatic heterocycles. The second kappa shape index (κ2) is 6.15. The van der Waals surface area contributed by atoms with Crippen molar-refractivity contribution in [1.82, 2.24) is 4.98 Å². The molecule has 0 saturated heterocycles. The number of aromatic nitrogens is 1. The minimum absolute atomic E-state index is 0.136. The van der Waals surface area contributed by atoms with E-state index in [4.69, 9.17) is 4.98 Å². The highest BCUT2D eigenvalue weighted by Gasteiger charge is 2.29. The first-order chi connectivity index (χ1) is 11.6. The minimum Gasteiger partial charge on any atom is -0.326 e. The summed E-state index contributed by atoms with van der Waals surface area (Å²) in [5.41, 5.74) is 4.15. The van der Waals surface area contributed by atoms with Crippen molar-refractivity contribution in [1.29, 1.82) is 0 Å². The first kappa shape index (κ1) is 15.5. The number of hydrogen-bond acceptors (Lipinski definition) is 4. The van der Waals surface area contributed by atoms with Gasteiger partial charge in [0, 0.05) is 37.9 Å². The van der Waals surface area contributed by atoms with Crippen molar-refractivity contribution in [2.45, 2.75) is 26.7 Å². The highest BCUT2D eigenvalue weighted by Crippen LogP contribution is 2.35. The smallest absolute Gasteiger partial charge is 0.227 e. The van der Waals surface area contributed by atoms with Gasteiger partial charge in [-0.1, -0.05) is 12.1 Å². The number of carbonyl (C=O) groups is 1. The molecule has 0 bridgehead atoms. The lowest BCUT2D eigenvalue weighted by molar-refractivity contribution is -0.117. The number of benzene rings is 1. The Labute approximate surface area is 149 Å². The normalized spacial score (nSPS) is 13.9. The van der Waals surface area contributed by atoms with E-state index in [1.165, 1.54) is 15.3 Å².